The third kappa shape index (κ3) is 7.31. The lowest BCUT2D eigenvalue weighted by molar-refractivity contribution is 0.0907. The number of unbranched alkanes of at least 4 members (excludes halogenated alkanes) is 2. The molecule has 7 heteroatoms. The van der Waals surface area contributed by atoms with Crippen molar-refractivity contribution in [1.82, 2.24) is 15.4 Å². The van der Waals surface area contributed by atoms with Gasteiger partial charge in [-0.3, -0.25) is 4.79 Å². The molecule has 1 N–H and O–H groups in total. The SMILES string of the molecule is CCCCOc1cc(OCCCC)c(C(C)C)cc1-c1noc(C(=O)NC(C)C)c1-c1ccc2c(c1)CCN(C)C2. The van der Waals surface area contributed by atoms with Gasteiger partial charge in [0.05, 0.1) is 18.8 Å². The average Bonchev–Trinajstić information content (AvgIpc) is 3.38. The molecule has 0 bridgehead atoms. The number of hydrogen-bond acceptors (Lipinski definition) is 6. The summed E-state index contributed by atoms with van der Waals surface area (Å²) < 4.78 is 18.5. The van der Waals surface area contributed by atoms with Crippen LogP contribution >= 0.6 is 0 Å². The van der Waals surface area contributed by atoms with Gasteiger partial charge in [0, 0.05) is 30.8 Å². The minimum atomic E-state index is -0.275. The molecule has 2 heterocycles. The van der Waals surface area contributed by atoms with Gasteiger partial charge in [0.25, 0.3) is 5.91 Å². The van der Waals surface area contributed by atoms with E-state index in [9.17, 15) is 4.79 Å². The molecule has 0 saturated carbocycles. The van der Waals surface area contributed by atoms with Gasteiger partial charge in [0.1, 0.15) is 17.2 Å². The van der Waals surface area contributed by atoms with Crippen LogP contribution in [0.1, 0.15) is 100 Å². The maximum Gasteiger partial charge on any atom is 0.290 e. The van der Waals surface area contributed by atoms with Crippen LogP contribution in [0.3, 0.4) is 0 Å². The summed E-state index contributed by atoms with van der Waals surface area (Å²) in [6.45, 7) is 15.7. The lowest BCUT2D eigenvalue weighted by Gasteiger charge is -2.25. The molecule has 3 aromatic rings. The Balaban J connectivity index is 1.90. The normalized spacial score (nSPS) is 13.5. The molecule has 41 heavy (non-hydrogen) atoms. The van der Waals surface area contributed by atoms with E-state index in [2.05, 4.69) is 74.4 Å². The van der Waals surface area contributed by atoms with Crippen molar-refractivity contribution in [3.8, 4) is 33.9 Å². The van der Waals surface area contributed by atoms with E-state index in [0.29, 0.717) is 30.2 Å². The van der Waals surface area contributed by atoms with E-state index < -0.39 is 0 Å². The first-order chi connectivity index (χ1) is 19.7. The Morgan fingerprint density at radius 1 is 1.00 bits per heavy atom. The highest BCUT2D eigenvalue weighted by Gasteiger charge is 2.29. The van der Waals surface area contributed by atoms with Gasteiger partial charge in [-0.2, -0.15) is 0 Å². The van der Waals surface area contributed by atoms with Gasteiger partial charge in [0.2, 0.25) is 5.76 Å². The maximum atomic E-state index is 13.4. The van der Waals surface area contributed by atoms with Crippen LogP contribution in [-0.4, -0.2) is 48.8 Å². The van der Waals surface area contributed by atoms with Crippen molar-refractivity contribution in [3.63, 3.8) is 0 Å². The molecule has 0 saturated heterocycles. The average molecular weight is 562 g/mol. The molecule has 7 nitrogen and oxygen atoms in total. The minimum absolute atomic E-state index is 0.0389. The summed E-state index contributed by atoms with van der Waals surface area (Å²) in [7, 11) is 2.14. The van der Waals surface area contributed by atoms with Gasteiger partial charge in [-0.1, -0.05) is 63.9 Å². The Labute approximate surface area is 245 Å². The molecule has 2 aromatic carbocycles. The van der Waals surface area contributed by atoms with E-state index in [1.807, 2.05) is 19.9 Å². The van der Waals surface area contributed by atoms with Crippen LogP contribution in [0, 0.1) is 0 Å². The molecule has 4 rings (SSSR count). The number of carbonyl (C=O) groups excluding carboxylic acids is 1. The second kappa shape index (κ2) is 14.0. The molecule has 1 aromatic heterocycles. The fourth-order valence-corrected chi connectivity index (χ4v) is 5.19. The highest BCUT2D eigenvalue weighted by atomic mass is 16.5. The highest BCUT2D eigenvalue weighted by molar-refractivity contribution is 6.02. The number of fused-ring (bicyclic) bond motifs is 1. The van der Waals surface area contributed by atoms with Gasteiger partial charge in [-0.15, -0.1) is 0 Å². The van der Waals surface area contributed by atoms with Crippen molar-refractivity contribution in [2.75, 3.05) is 26.8 Å². The van der Waals surface area contributed by atoms with Crippen LogP contribution in [0.25, 0.3) is 22.4 Å². The first kappa shape index (κ1) is 30.6. The zero-order chi connectivity index (χ0) is 29.5. The molecule has 0 fully saturated rings. The molecule has 0 atom stereocenters. The smallest absolute Gasteiger partial charge is 0.290 e. The molecule has 0 aliphatic carbocycles. The third-order valence-electron chi connectivity index (χ3n) is 7.52. The summed E-state index contributed by atoms with van der Waals surface area (Å²) in [5.41, 5.74) is 6.73. The molecular formula is C34H47N3O4. The summed E-state index contributed by atoms with van der Waals surface area (Å²) in [4.78, 5) is 15.7. The van der Waals surface area contributed by atoms with Gasteiger partial charge in [-0.05, 0) is 74.4 Å². The lowest BCUT2D eigenvalue weighted by atomic mass is 9.91. The van der Waals surface area contributed by atoms with Crippen molar-refractivity contribution in [2.24, 2.45) is 0 Å². The Kier molecular flexibility index (Phi) is 10.5. The molecule has 0 unspecified atom stereocenters. The van der Waals surface area contributed by atoms with Gasteiger partial charge in [0.15, 0.2) is 0 Å². The second-order valence-electron chi connectivity index (χ2n) is 11.8. The summed E-state index contributed by atoms with van der Waals surface area (Å²) in [6.07, 6.45) is 4.97. The first-order valence-corrected chi connectivity index (χ1v) is 15.3. The highest BCUT2D eigenvalue weighted by Crippen LogP contribution is 2.44. The zero-order valence-corrected chi connectivity index (χ0v) is 25.9. The fraction of sp³-hybridized carbons (Fsp3) is 0.529. The van der Waals surface area contributed by atoms with Crippen molar-refractivity contribution >= 4 is 5.91 Å². The number of aromatic nitrogens is 1. The number of carbonyl (C=O) groups is 1. The predicted octanol–water partition coefficient (Wildman–Crippen LogP) is 7.62. The number of likely N-dealkylation sites (N-methyl/N-ethyl adjacent to an activating group) is 1. The Morgan fingerprint density at radius 3 is 2.37 bits per heavy atom. The van der Waals surface area contributed by atoms with Crippen LogP contribution in [0.4, 0.5) is 0 Å². The topological polar surface area (TPSA) is 76.8 Å². The van der Waals surface area contributed by atoms with E-state index >= 15 is 0 Å². The molecule has 222 valence electrons. The molecule has 0 spiro atoms. The van der Waals surface area contributed by atoms with Crippen molar-refractivity contribution in [2.45, 2.75) is 92.2 Å². The fourth-order valence-electron chi connectivity index (χ4n) is 5.19. The Morgan fingerprint density at radius 2 is 1.71 bits per heavy atom. The minimum Gasteiger partial charge on any atom is -0.493 e. The first-order valence-electron chi connectivity index (χ1n) is 15.3. The standard InChI is InChI=1S/C34H47N3O4/c1-8-10-16-39-29-20-30(40-17-11-9-2)28(19-27(29)22(3)4)32-31(33(41-36-32)34(38)35-23(5)6)25-12-13-26-21-37(7)15-14-24(26)18-25/h12-13,18-20,22-23H,8-11,14-17,21H2,1-7H3,(H,35,38). The molecule has 0 radical (unpaired) electrons. The number of amides is 1. The zero-order valence-electron chi connectivity index (χ0n) is 25.9. The summed E-state index contributed by atoms with van der Waals surface area (Å²) >= 11 is 0. The van der Waals surface area contributed by atoms with Crippen molar-refractivity contribution < 1.29 is 18.8 Å². The van der Waals surface area contributed by atoms with Crippen LogP contribution in [0.5, 0.6) is 11.5 Å². The van der Waals surface area contributed by atoms with E-state index in [-0.39, 0.29) is 23.6 Å². The number of nitrogens with one attached hydrogen (secondary N) is 1. The van der Waals surface area contributed by atoms with Gasteiger partial charge in [-0.25, -0.2) is 0 Å². The quantitative estimate of drug-likeness (QED) is 0.216. The number of ether oxygens (including phenoxy) is 2. The summed E-state index contributed by atoms with van der Waals surface area (Å²) in [5.74, 6) is 1.69. The number of nitrogens with zero attached hydrogens (tertiary/aromatic N) is 2. The van der Waals surface area contributed by atoms with Crippen molar-refractivity contribution in [3.05, 3.63) is 52.8 Å². The van der Waals surface area contributed by atoms with E-state index in [0.717, 1.165) is 67.6 Å². The van der Waals surface area contributed by atoms with Gasteiger partial charge < -0.3 is 24.2 Å². The maximum absolute atomic E-state index is 13.4. The van der Waals surface area contributed by atoms with Crippen LogP contribution in [0.2, 0.25) is 0 Å². The molecule has 1 amide bonds. The monoisotopic (exact) mass is 561 g/mol. The van der Waals surface area contributed by atoms with Crippen molar-refractivity contribution in [1.29, 1.82) is 0 Å². The van der Waals surface area contributed by atoms with E-state index in [1.54, 1.807) is 0 Å². The Hall–Kier alpha value is -3.32. The van der Waals surface area contributed by atoms with Gasteiger partial charge >= 0.3 is 0 Å². The van der Waals surface area contributed by atoms with Crippen LogP contribution < -0.4 is 14.8 Å². The molecule has 1 aliphatic heterocycles. The number of rotatable bonds is 13. The summed E-state index contributed by atoms with van der Waals surface area (Å²) in [5, 5.41) is 7.54. The largest absolute Gasteiger partial charge is 0.493 e. The lowest BCUT2D eigenvalue weighted by Crippen LogP contribution is -2.30. The molecular weight excluding hydrogens is 514 g/mol. The number of hydrogen-bond donors (Lipinski definition) is 1. The van der Waals surface area contributed by atoms with E-state index in [1.165, 1.54) is 11.1 Å². The third-order valence-corrected chi connectivity index (χ3v) is 7.52. The van der Waals surface area contributed by atoms with E-state index in [4.69, 9.17) is 14.0 Å². The molecule has 1 aliphatic rings. The summed E-state index contributed by atoms with van der Waals surface area (Å²) in [6, 6.07) is 10.5. The second-order valence-corrected chi connectivity index (χ2v) is 11.8. The van der Waals surface area contributed by atoms with Crippen LogP contribution in [-0.2, 0) is 13.0 Å². The Bertz CT molecular complexity index is 1330. The van der Waals surface area contributed by atoms with Crippen LogP contribution in [0.15, 0.2) is 34.9 Å². The predicted molar refractivity (Wildman–Crippen MR) is 165 cm³/mol. The number of benzene rings is 2.